The van der Waals surface area contributed by atoms with Crippen molar-refractivity contribution in [3.63, 3.8) is 0 Å². The molecular weight excluding hydrogens is 327 g/mol. The van der Waals surface area contributed by atoms with Crippen molar-refractivity contribution < 1.29 is 36.6 Å². The molecule has 2 fully saturated rings. The van der Waals surface area contributed by atoms with Crippen LogP contribution < -0.4 is 5.32 Å². The van der Waals surface area contributed by atoms with Crippen LogP contribution in [0.1, 0.15) is 32.6 Å². The number of carboxylic acid groups (broad SMARTS) is 1. The average Bonchev–Trinajstić information content (AvgIpc) is 2.37. The molecule has 0 aromatic rings. The molecule has 1 amide bonds. The highest BCUT2D eigenvalue weighted by Crippen LogP contribution is 2.41. The van der Waals surface area contributed by atoms with Gasteiger partial charge in [-0.15, -0.1) is 0 Å². The van der Waals surface area contributed by atoms with Gasteiger partial charge in [0.1, 0.15) is 0 Å². The molecule has 5 nitrogen and oxygen atoms in total. The Labute approximate surface area is 129 Å². The Kier molecular flexibility index (Phi) is 6.32. The van der Waals surface area contributed by atoms with Gasteiger partial charge in [-0.1, -0.05) is 0 Å². The van der Waals surface area contributed by atoms with Gasteiger partial charge in [0.25, 0.3) is 5.92 Å². The summed E-state index contributed by atoms with van der Waals surface area (Å²) in [6.45, 7) is 3.23. The minimum Gasteiger partial charge on any atom is -0.475 e. The molecule has 0 spiro atoms. The summed E-state index contributed by atoms with van der Waals surface area (Å²) in [5, 5.41) is 10.3. The topological polar surface area (TPSA) is 69.6 Å². The fourth-order valence-electron chi connectivity index (χ4n) is 2.72. The van der Waals surface area contributed by atoms with Gasteiger partial charge >= 0.3 is 12.1 Å². The highest BCUT2D eigenvalue weighted by molar-refractivity contribution is 5.74. The molecule has 0 bridgehead atoms. The highest BCUT2D eigenvalue weighted by Gasteiger charge is 2.50. The third kappa shape index (κ3) is 5.92. The third-order valence-electron chi connectivity index (χ3n) is 3.77. The van der Waals surface area contributed by atoms with Crippen molar-refractivity contribution in [2.24, 2.45) is 0 Å². The van der Waals surface area contributed by atoms with Crippen LogP contribution in [-0.2, 0) is 9.59 Å². The van der Waals surface area contributed by atoms with Gasteiger partial charge in [-0.05, 0) is 25.9 Å². The summed E-state index contributed by atoms with van der Waals surface area (Å²) in [7, 11) is 0. The predicted molar refractivity (Wildman–Crippen MR) is 70.1 cm³/mol. The molecule has 2 rings (SSSR count). The molecule has 0 atom stereocenters. The van der Waals surface area contributed by atoms with Gasteiger partial charge in [0.15, 0.2) is 0 Å². The molecule has 2 N–H and O–H groups in total. The van der Waals surface area contributed by atoms with Crippen molar-refractivity contribution in [1.29, 1.82) is 0 Å². The number of halogens is 5. The van der Waals surface area contributed by atoms with Crippen molar-refractivity contribution in [3.05, 3.63) is 0 Å². The van der Waals surface area contributed by atoms with Crippen molar-refractivity contribution >= 4 is 11.9 Å². The lowest BCUT2D eigenvalue weighted by atomic mass is 9.85. The van der Waals surface area contributed by atoms with Crippen molar-refractivity contribution in [1.82, 2.24) is 10.2 Å². The van der Waals surface area contributed by atoms with Crippen LogP contribution in [-0.4, -0.2) is 59.2 Å². The Balaban J connectivity index is 0.000000322. The minimum atomic E-state index is -5.08. The summed E-state index contributed by atoms with van der Waals surface area (Å²) in [4.78, 5) is 22.1. The first-order valence-corrected chi connectivity index (χ1v) is 7.11. The third-order valence-corrected chi connectivity index (χ3v) is 3.77. The molecule has 0 aromatic carbocycles. The first kappa shape index (κ1) is 19.6. The lowest BCUT2D eigenvalue weighted by Gasteiger charge is -2.46. The van der Waals surface area contributed by atoms with E-state index in [1.54, 1.807) is 4.90 Å². The highest BCUT2D eigenvalue weighted by atomic mass is 19.4. The molecule has 1 aliphatic carbocycles. The number of nitrogens with one attached hydrogen (secondary N) is 1. The second-order valence-electron chi connectivity index (χ2n) is 5.63. The molecule has 134 valence electrons. The van der Waals surface area contributed by atoms with Gasteiger partial charge in [-0.3, -0.25) is 4.79 Å². The second-order valence-corrected chi connectivity index (χ2v) is 5.63. The van der Waals surface area contributed by atoms with Crippen molar-refractivity contribution in [2.75, 3.05) is 13.1 Å². The van der Waals surface area contributed by atoms with E-state index in [1.165, 1.54) is 6.92 Å². The number of carbonyl (C=O) groups excluding carboxylic acids is 1. The largest absolute Gasteiger partial charge is 0.490 e. The summed E-state index contributed by atoms with van der Waals surface area (Å²) in [5.74, 6) is -5.37. The maximum Gasteiger partial charge on any atom is 0.490 e. The van der Waals surface area contributed by atoms with E-state index in [0.717, 1.165) is 25.9 Å². The Bertz CT molecular complexity index is 428. The first-order chi connectivity index (χ1) is 10.4. The fraction of sp³-hybridized carbons (Fsp3) is 0.846. The number of rotatable bonds is 2. The molecule has 0 unspecified atom stereocenters. The lowest BCUT2D eigenvalue weighted by molar-refractivity contribution is -0.192. The SMILES string of the molecule is CC(=O)N(C1CCNCC1)C1CC(F)(F)C1.O=C(O)C(F)(F)F. The van der Waals surface area contributed by atoms with Crippen LogP contribution in [0.3, 0.4) is 0 Å². The number of alkyl halides is 5. The molecule has 0 aromatic heterocycles. The standard InChI is InChI=1S/C11H18F2N2O.C2HF3O2/c1-8(16)15(9-2-4-14-5-3-9)10-6-11(12,13)7-10;3-2(4,5)1(6)7/h9-10,14H,2-7H2,1H3;(H,6,7). The van der Waals surface area contributed by atoms with Gasteiger partial charge < -0.3 is 15.3 Å². The first-order valence-electron chi connectivity index (χ1n) is 7.11. The minimum absolute atomic E-state index is 0.0626. The van der Waals surface area contributed by atoms with Crippen LogP contribution in [0.25, 0.3) is 0 Å². The maximum absolute atomic E-state index is 12.8. The zero-order valence-electron chi connectivity index (χ0n) is 12.5. The number of piperidine rings is 1. The Hall–Kier alpha value is -1.45. The van der Waals surface area contributed by atoms with E-state index in [4.69, 9.17) is 9.90 Å². The number of hydrogen-bond donors (Lipinski definition) is 2. The van der Waals surface area contributed by atoms with Crippen LogP contribution in [0.15, 0.2) is 0 Å². The summed E-state index contributed by atoms with van der Waals surface area (Å²) >= 11 is 0. The zero-order chi connectivity index (χ0) is 17.8. The molecule has 23 heavy (non-hydrogen) atoms. The maximum atomic E-state index is 12.8. The summed E-state index contributed by atoms with van der Waals surface area (Å²) in [6, 6.07) is -0.0875. The number of hydrogen-bond acceptors (Lipinski definition) is 3. The quantitative estimate of drug-likeness (QED) is 0.751. The fourth-order valence-corrected chi connectivity index (χ4v) is 2.72. The molecule has 1 saturated carbocycles. The normalized spacial score (nSPS) is 21.7. The predicted octanol–water partition coefficient (Wildman–Crippen LogP) is 2.02. The van der Waals surface area contributed by atoms with Crippen LogP contribution in [0.4, 0.5) is 22.0 Å². The van der Waals surface area contributed by atoms with Crippen LogP contribution in [0.2, 0.25) is 0 Å². The van der Waals surface area contributed by atoms with E-state index >= 15 is 0 Å². The smallest absolute Gasteiger partial charge is 0.475 e. The van der Waals surface area contributed by atoms with Gasteiger partial charge in [0.05, 0.1) is 0 Å². The number of amides is 1. The van der Waals surface area contributed by atoms with E-state index in [1.807, 2.05) is 0 Å². The van der Waals surface area contributed by atoms with Crippen LogP contribution in [0, 0.1) is 0 Å². The summed E-state index contributed by atoms with van der Waals surface area (Å²) in [5.41, 5.74) is 0. The van der Waals surface area contributed by atoms with Crippen molar-refractivity contribution in [2.45, 2.75) is 56.8 Å². The molecule has 2 aliphatic rings. The molecule has 1 saturated heterocycles. The van der Waals surface area contributed by atoms with Gasteiger partial charge in [0, 0.05) is 31.8 Å². The van der Waals surface area contributed by atoms with E-state index < -0.39 is 18.1 Å². The van der Waals surface area contributed by atoms with E-state index in [0.29, 0.717) is 0 Å². The van der Waals surface area contributed by atoms with Gasteiger partial charge in [-0.2, -0.15) is 13.2 Å². The van der Waals surface area contributed by atoms with Crippen molar-refractivity contribution in [3.8, 4) is 0 Å². The molecule has 10 heteroatoms. The van der Waals surface area contributed by atoms with Crippen LogP contribution in [0.5, 0.6) is 0 Å². The summed E-state index contributed by atoms with van der Waals surface area (Å²) in [6.07, 6.45) is -3.64. The van der Waals surface area contributed by atoms with E-state index in [2.05, 4.69) is 5.32 Å². The van der Waals surface area contributed by atoms with Crippen LogP contribution >= 0.6 is 0 Å². The van der Waals surface area contributed by atoms with Gasteiger partial charge in [0.2, 0.25) is 5.91 Å². The summed E-state index contributed by atoms with van der Waals surface area (Å²) < 4.78 is 57.4. The van der Waals surface area contributed by atoms with E-state index in [9.17, 15) is 26.7 Å². The Morgan fingerprint density at radius 1 is 1.13 bits per heavy atom. The van der Waals surface area contributed by atoms with Gasteiger partial charge in [-0.25, -0.2) is 13.6 Å². The Morgan fingerprint density at radius 2 is 1.57 bits per heavy atom. The number of carboxylic acids is 1. The monoisotopic (exact) mass is 346 g/mol. The molecular formula is C13H19F5N2O3. The number of nitrogens with zero attached hydrogens (tertiary/aromatic N) is 1. The average molecular weight is 346 g/mol. The molecule has 0 radical (unpaired) electrons. The molecule has 1 aliphatic heterocycles. The second kappa shape index (κ2) is 7.41. The number of aliphatic carboxylic acids is 1. The zero-order valence-corrected chi connectivity index (χ0v) is 12.5. The molecule has 1 heterocycles. The lowest BCUT2D eigenvalue weighted by Crippen LogP contribution is -2.57. The Morgan fingerprint density at radius 3 is 1.87 bits per heavy atom. The van der Waals surface area contributed by atoms with E-state index in [-0.39, 0.29) is 30.8 Å². The number of carbonyl (C=O) groups is 2.